The summed E-state index contributed by atoms with van der Waals surface area (Å²) in [7, 11) is 0. The molecule has 1 rings (SSSR count). The van der Waals surface area contributed by atoms with Gasteiger partial charge in [-0.25, -0.2) is 4.99 Å². The minimum Gasteiger partial charge on any atom is -0.304 e. The second kappa shape index (κ2) is 4.90. The molecule has 1 aliphatic rings. The van der Waals surface area contributed by atoms with Crippen molar-refractivity contribution in [2.45, 2.75) is 39.0 Å². The first-order valence-corrected chi connectivity index (χ1v) is 4.88. The van der Waals surface area contributed by atoms with Crippen LogP contribution in [0.2, 0.25) is 0 Å². The maximum atomic E-state index is 7.68. The van der Waals surface area contributed by atoms with E-state index in [1.54, 1.807) is 6.92 Å². The van der Waals surface area contributed by atoms with E-state index in [1.165, 1.54) is 25.5 Å². The molecule has 3 heteroatoms. The monoisotopic (exact) mass is 179 g/mol. The van der Waals surface area contributed by atoms with Crippen LogP contribution in [-0.2, 0) is 0 Å². The summed E-state index contributed by atoms with van der Waals surface area (Å²) in [6.45, 7) is 1.68. The average Bonchev–Trinajstić information content (AvgIpc) is 2.15. The number of nitrogens with one attached hydrogen (secondary N) is 2. The minimum atomic E-state index is 0.351. The van der Waals surface area contributed by atoms with Gasteiger partial charge in [-0.2, -0.15) is 0 Å². The van der Waals surface area contributed by atoms with Crippen LogP contribution in [0.3, 0.4) is 0 Å². The summed E-state index contributed by atoms with van der Waals surface area (Å²) in [5.74, 6) is 0.815. The van der Waals surface area contributed by atoms with Gasteiger partial charge in [-0.05, 0) is 19.8 Å². The summed E-state index contributed by atoms with van der Waals surface area (Å²) in [4.78, 5) is 3.98. The van der Waals surface area contributed by atoms with Gasteiger partial charge in [0.1, 0.15) is 5.84 Å². The molecule has 0 unspecified atom stereocenters. The molecule has 0 saturated heterocycles. The molecule has 1 saturated carbocycles. The molecule has 0 heterocycles. The summed E-state index contributed by atoms with van der Waals surface area (Å²) in [5, 5.41) is 14.8. The summed E-state index contributed by atoms with van der Waals surface area (Å²) >= 11 is 0. The second-order valence-electron chi connectivity index (χ2n) is 3.66. The Bertz CT molecular complexity index is 224. The number of amidine groups is 1. The van der Waals surface area contributed by atoms with E-state index >= 15 is 0 Å². The lowest BCUT2D eigenvalue weighted by Gasteiger charge is -2.19. The number of nitrogens with zero attached hydrogens (tertiary/aromatic N) is 1. The van der Waals surface area contributed by atoms with Crippen LogP contribution < -0.4 is 0 Å². The van der Waals surface area contributed by atoms with Crippen LogP contribution in [0.15, 0.2) is 4.99 Å². The Kier molecular flexibility index (Phi) is 3.80. The molecule has 0 aromatic rings. The van der Waals surface area contributed by atoms with Crippen LogP contribution in [0, 0.1) is 16.7 Å². The topological polar surface area (TPSA) is 60.1 Å². The highest BCUT2D eigenvalue weighted by atomic mass is 14.8. The van der Waals surface area contributed by atoms with E-state index in [0.29, 0.717) is 17.5 Å². The molecule has 0 amide bonds. The third-order valence-corrected chi connectivity index (χ3v) is 2.39. The summed E-state index contributed by atoms with van der Waals surface area (Å²) in [5.41, 5.74) is 0.417. The lowest BCUT2D eigenvalue weighted by molar-refractivity contribution is 0.436. The van der Waals surface area contributed by atoms with E-state index in [9.17, 15) is 0 Å². The summed E-state index contributed by atoms with van der Waals surface area (Å²) in [6, 6.07) is 0. The zero-order valence-corrected chi connectivity index (χ0v) is 8.14. The average molecular weight is 179 g/mol. The van der Waals surface area contributed by atoms with E-state index in [1.807, 2.05) is 0 Å². The van der Waals surface area contributed by atoms with Crippen LogP contribution in [0.25, 0.3) is 0 Å². The van der Waals surface area contributed by atoms with Crippen LogP contribution in [-0.4, -0.2) is 17.8 Å². The first-order valence-electron chi connectivity index (χ1n) is 4.88. The largest absolute Gasteiger partial charge is 0.304 e. The van der Waals surface area contributed by atoms with Crippen molar-refractivity contribution in [3.05, 3.63) is 0 Å². The zero-order chi connectivity index (χ0) is 9.68. The predicted molar refractivity (Wildman–Crippen MR) is 56.2 cm³/mol. The SMILES string of the molecule is CC(=N)/C=N\C(=N)C1CCCCC1. The van der Waals surface area contributed by atoms with Gasteiger partial charge < -0.3 is 5.41 Å². The maximum Gasteiger partial charge on any atom is 0.123 e. The third-order valence-electron chi connectivity index (χ3n) is 2.39. The van der Waals surface area contributed by atoms with Gasteiger partial charge in [0.15, 0.2) is 0 Å². The Balaban J connectivity index is 2.41. The van der Waals surface area contributed by atoms with Crippen LogP contribution in [0.5, 0.6) is 0 Å². The lowest BCUT2D eigenvalue weighted by Crippen LogP contribution is -2.15. The van der Waals surface area contributed by atoms with Crippen molar-refractivity contribution in [3.63, 3.8) is 0 Å². The van der Waals surface area contributed by atoms with E-state index in [4.69, 9.17) is 10.8 Å². The highest BCUT2D eigenvalue weighted by molar-refractivity contribution is 6.29. The van der Waals surface area contributed by atoms with E-state index in [2.05, 4.69) is 4.99 Å². The fraction of sp³-hybridized carbons (Fsp3) is 0.700. The Labute approximate surface area is 79.3 Å². The van der Waals surface area contributed by atoms with Gasteiger partial charge in [-0.15, -0.1) is 0 Å². The standard InChI is InChI=1S/C10H17N3/c1-8(11)7-13-10(12)9-5-3-2-4-6-9/h7,9,11-12H,2-6H2,1H3/b11-8?,12-10?,13-7-. The first-order chi connectivity index (χ1) is 6.20. The normalized spacial score (nSPS) is 19.2. The molecule has 0 atom stereocenters. The van der Waals surface area contributed by atoms with Gasteiger partial charge in [-0.3, -0.25) is 5.41 Å². The summed E-state index contributed by atoms with van der Waals surface area (Å²) in [6.07, 6.45) is 7.44. The smallest absolute Gasteiger partial charge is 0.123 e. The van der Waals surface area contributed by atoms with Crippen molar-refractivity contribution in [1.82, 2.24) is 0 Å². The van der Waals surface area contributed by atoms with Crippen LogP contribution in [0.4, 0.5) is 0 Å². The highest BCUT2D eigenvalue weighted by Gasteiger charge is 2.16. The fourth-order valence-corrected chi connectivity index (χ4v) is 1.65. The molecule has 1 fully saturated rings. The molecule has 3 nitrogen and oxygen atoms in total. The van der Waals surface area contributed by atoms with Gasteiger partial charge >= 0.3 is 0 Å². The van der Waals surface area contributed by atoms with Crippen molar-refractivity contribution in [2.75, 3.05) is 0 Å². The van der Waals surface area contributed by atoms with Gasteiger partial charge in [0.2, 0.25) is 0 Å². The highest BCUT2D eigenvalue weighted by Crippen LogP contribution is 2.24. The van der Waals surface area contributed by atoms with Crippen LogP contribution >= 0.6 is 0 Å². The van der Waals surface area contributed by atoms with Crippen molar-refractivity contribution >= 4 is 17.8 Å². The van der Waals surface area contributed by atoms with Gasteiger partial charge in [0, 0.05) is 17.8 Å². The van der Waals surface area contributed by atoms with Crippen molar-refractivity contribution in [3.8, 4) is 0 Å². The molecule has 0 radical (unpaired) electrons. The number of hydrogen-bond acceptors (Lipinski definition) is 2. The minimum absolute atomic E-state index is 0.351. The second-order valence-corrected chi connectivity index (χ2v) is 3.66. The Morgan fingerprint density at radius 2 is 1.85 bits per heavy atom. The first kappa shape index (κ1) is 10.1. The third kappa shape index (κ3) is 3.49. The van der Waals surface area contributed by atoms with Crippen molar-refractivity contribution < 1.29 is 0 Å². The molecule has 0 aliphatic heterocycles. The van der Waals surface area contributed by atoms with Crippen molar-refractivity contribution in [1.29, 1.82) is 10.8 Å². The predicted octanol–water partition coefficient (Wildman–Crippen LogP) is 2.65. The molecule has 2 N–H and O–H groups in total. The van der Waals surface area contributed by atoms with E-state index in [0.717, 1.165) is 12.8 Å². The van der Waals surface area contributed by atoms with E-state index in [-0.39, 0.29) is 0 Å². The number of aliphatic imine (C=N–C) groups is 1. The molecule has 0 aromatic carbocycles. The molecule has 1 aliphatic carbocycles. The Hall–Kier alpha value is -0.990. The van der Waals surface area contributed by atoms with Gasteiger partial charge in [0.05, 0.1) is 0 Å². The van der Waals surface area contributed by atoms with Gasteiger partial charge in [0.25, 0.3) is 0 Å². The Morgan fingerprint density at radius 1 is 1.23 bits per heavy atom. The van der Waals surface area contributed by atoms with E-state index < -0.39 is 0 Å². The van der Waals surface area contributed by atoms with Gasteiger partial charge in [-0.1, -0.05) is 19.3 Å². The Morgan fingerprint density at radius 3 is 2.38 bits per heavy atom. The molecular formula is C10H17N3. The molecule has 0 spiro atoms. The lowest BCUT2D eigenvalue weighted by atomic mass is 9.88. The molecule has 0 aromatic heterocycles. The quantitative estimate of drug-likeness (QED) is 0.483. The zero-order valence-electron chi connectivity index (χ0n) is 8.14. The fourth-order valence-electron chi connectivity index (χ4n) is 1.65. The van der Waals surface area contributed by atoms with Crippen molar-refractivity contribution in [2.24, 2.45) is 10.9 Å². The molecule has 0 bridgehead atoms. The van der Waals surface area contributed by atoms with Crippen LogP contribution in [0.1, 0.15) is 39.0 Å². The molecule has 13 heavy (non-hydrogen) atoms. The number of rotatable bonds is 2. The molecular weight excluding hydrogens is 162 g/mol. The maximum absolute atomic E-state index is 7.68. The number of hydrogen-bond donors (Lipinski definition) is 2. The summed E-state index contributed by atoms with van der Waals surface area (Å²) < 4.78 is 0. The molecule has 72 valence electrons.